The number of hydrogen-bond acceptors (Lipinski definition) is 2. The van der Waals surface area contributed by atoms with Crippen LogP contribution in [0.4, 0.5) is 5.69 Å². The van der Waals surface area contributed by atoms with Crippen LogP contribution in [0.2, 0.25) is 0 Å². The second kappa shape index (κ2) is 5.62. The molecule has 0 aliphatic heterocycles. The van der Waals surface area contributed by atoms with Crippen LogP contribution in [0.1, 0.15) is 0 Å². The lowest BCUT2D eigenvalue weighted by molar-refractivity contribution is -0.574. The van der Waals surface area contributed by atoms with Gasteiger partial charge in [-0.2, -0.15) is 9.13 Å². The number of aromatic nitrogens is 2. The molecule has 0 radical (unpaired) electrons. The molecule has 116 valence electrons. The van der Waals surface area contributed by atoms with Crippen molar-refractivity contribution >= 4 is 16.7 Å². The number of rotatable bonds is 3. The van der Waals surface area contributed by atoms with E-state index in [4.69, 9.17) is 0 Å². The van der Waals surface area contributed by atoms with E-state index in [1.807, 2.05) is 76.1 Å². The molecular formula is C19H14N3O2+. The van der Waals surface area contributed by atoms with Gasteiger partial charge in [-0.1, -0.05) is 42.5 Å². The van der Waals surface area contributed by atoms with E-state index in [1.165, 1.54) is 6.07 Å². The first kappa shape index (κ1) is 14.1. The first-order valence-electron chi connectivity index (χ1n) is 7.56. The maximum Gasteiger partial charge on any atom is 0.316 e. The summed E-state index contributed by atoms with van der Waals surface area (Å²) >= 11 is 0. The van der Waals surface area contributed by atoms with Crippen molar-refractivity contribution in [2.45, 2.75) is 0 Å². The van der Waals surface area contributed by atoms with Crippen LogP contribution in [-0.4, -0.2) is 9.49 Å². The van der Waals surface area contributed by atoms with Crippen molar-refractivity contribution in [2.24, 2.45) is 0 Å². The third kappa shape index (κ3) is 2.23. The fourth-order valence-electron chi connectivity index (χ4n) is 2.92. The molecule has 0 fully saturated rings. The number of nitro groups is 1. The number of imidazole rings is 1. The molecule has 5 nitrogen and oxygen atoms in total. The van der Waals surface area contributed by atoms with Crippen molar-refractivity contribution in [3.05, 3.63) is 95.3 Å². The van der Waals surface area contributed by atoms with Crippen LogP contribution in [0, 0.1) is 10.1 Å². The molecule has 0 amide bonds. The number of benzene rings is 3. The summed E-state index contributed by atoms with van der Waals surface area (Å²) in [4.78, 5) is 11.0. The van der Waals surface area contributed by atoms with Crippen LogP contribution in [-0.2, 0) is 0 Å². The first-order chi connectivity index (χ1) is 11.8. The van der Waals surface area contributed by atoms with Gasteiger partial charge in [0, 0.05) is 6.07 Å². The predicted octanol–water partition coefficient (Wildman–Crippen LogP) is 3.82. The highest BCUT2D eigenvalue weighted by Crippen LogP contribution is 2.22. The quantitative estimate of drug-likeness (QED) is 0.328. The number of nitro benzene ring substituents is 1. The van der Waals surface area contributed by atoms with Crippen LogP contribution in [0.25, 0.3) is 22.4 Å². The van der Waals surface area contributed by atoms with E-state index in [-0.39, 0.29) is 10.6 Å². The van der Waals surface area contributed by atoms with Gasteiger partial charge < -0.3 is 0 Å². The van der Waals surface area contributed by atoms with E-state index in [0.29, 0.717) is 5.69 Å². The van der Waals surface area contributed by atoms with Gasteiger partial charge in [-0.25, -0.2) is 0 Å². The lowest BCUT2D eigenvalue weighted by Gasteiger charge is -1.98. The van der Waals surface area contributed by atoms with Gasteiger partial charge >= 0.3 is 5.69 Å². The molecule has 4 aromatic rings. The zero-order valence-corrected chi connectivity index (χ0v) is 12.7. The molecule has 0 spiro atoms. The molecule has 1 heterocycles. The number of nitrogens with zero attached hydrogens (tertiary/aromatic N) is 3. The fraction of sp³-hybridized carbons (Fsp3) is 0. The maximum atomic E-state index is 11.4. The smallest absolute Gasteiger partial charge is 0.258 e. The number of fused-ring (bicyclic) bond motifs is 1. The minimum absolute atomic E-state index is 0.0819. The maximum absolute atomic E-state index is 11.4. The highest BCUT2D eigenvalue weighted by molar-refractivity contribution is 5.75. The van der Waals surface area contributed by atoms with Gasteiger partial charge in [-0.15, -0.1) is 0 Å². The SMILES string of the molecule is O=[N+]([O-])c1ccccc1-[n+]1cn(-c2ccccc2)c2ccccc21. The molecule has 0 bridgehead atoms. The predicted molar refractivity (Wildman–Crippen MR) is 91.5 cm³/mol. The Morgan fingerprint density at radius 1 is 0.833 bits per heavy atom. The van der Waals surface area contributed by atoms with E-state index in [1.54, 1.807) is 12.1 Å². The van der Waals surface area contributed by atoms with Crippen molar-refractivity contribution in [1.29, 1.82) is 0 Å². The van der Waals surface area contributed by atoms with Crippen LogP contribution in [0.15, 0.2) is 85.2 Å². The van der Waals surface area contributed by atoms with E-state index in [0.717, 1.165) is 16.7 Å². The summed E-state index contributed by atoms with van der Waals surface area (Å²) in [5, 5.41) is 11.4. The van der Waals surface area contributed by atoms with Gasteiger partial charge in [-0.3, -0.25) is 10.1 Å². The molecule has 0 atom stereocenters. The average Bonchev–Trinajstić information content (AvgIpc) is 3.02. The Morgan fingerprint density at radius 3 is 2.29 bits per heavy atom. The molecule has 0 N–H and O–H groups in total. The molecule has 1 aromatic heterocycles. The largest absolute Gasteiger partial charge is 0.316 e. The second-order valence-electron chi connectivity index (χ2n) is 5.43. The third-order valence-corrected chi connectivity index (χ3v) is 4.00. The number of para-hydroxylation sites is 5. The van der Waals surface area contributed by atoms with Gasteiger partial charge in [-0.05, 0) is 30.3 Å². The van der Waals surface area contributed by atoms with Crippen molar-refractivity contribution < 1.29 is 9.49 Å². The Bertz CT molecular complexity index is 1040. The summed E-state index contributed by atoms with van der Waals surface area (Å²) in [6.45, 7) is 0. The van der Waals surface area contributed by atoms with Crippen LogP contribution in [0.5, 0.6) is 0 Å². The Morgan fingerprint density at radius 2 is 1.50 bits per heavy atom. The molecule has 0 aliphatic carbocycles. The molecular weight excluding hydrogens is 302 g/mol. The average molecular weight is 316 g/mol. The Labute approximate surface area is 138 Å². The van der Waals surface area contributed by atoms with Gasteiger partial charge in [0.15, 0.2) is 11.0 Å². The van der Waals surface area contributed by atoms with Crippen LogP contribution >= 0.6 is 0 Å². The van der Waals surface area contributed by atoms with E-state index in [9.17, 15) is 10.1 Å². The lowest BCUT2D eigenvalue weighted by Crippen LogP contribution is -2.29. The summed E-state index contributed by atoms with van der Waals surface area (Å²) in [5.74, 6) is 0. The molecule has 5 heteroatoms. The van der Waals surface area contributed by atoms with Crippen molar-refractivity contribution in [3.63, 3.8) is 0 Å². The van der Waals surface area contributed by atoms with Crippen molar-refractivity contribution in [1.82, 2.24) is 4.57 Å². The highest BCUT2D eigenvalue weighted by atomic mass is 16.6. The van der Waals surface area contributed by atoms with E-state index in [2.05, 4.69) is 0 Å². The third-order valence-electron chi connectivity index (χ3n) is 4.00. The van der Waals surface area contributed by atoms with Gasteiger partial charge in [0.05, 0.1) is 4.92 Å². The summed E-state index contributed by atoms with van der Waals surface area (Å²) < 4.78 is 3.90. The molecule has 0 aliphatic rings. The van der Waals surface area contributed by atoms with Crippen molar-refractivity contribution in [2.75, 3.05) is 0 Å². The molecule has 3 aromatic carbocycles. The van der Waals surface area contributed by atoms with E-state index >= 15 is 0 Å². The summed E-state index contributed by atoms with van der Waals surface area (Å²) in [7, 11) is 0. The summed E-state index contributed by atoms with van der Waals surface area (Å²) in [5.41, 5.74) is 3.54. The van der Waals surface area contributed by atoms with Crippen LogP contribution in [0.3, 0.4) is 0 Å². The molecule has 0 unspecified atom stereocenters. The fourth-order valence-corrected chi connectivity index (χ4v) is 2.92. The Kier molecular flexibility index (Phi) is 3.31. The van der Waals surface area contributed by atoms with Gasteiger partial charge in [0.2, 0.25) is 5.69 Å². The minimum Gasteiger partial charge on any atom is -0.258 e. The Hall–Kier alpha value is -3.47. The second-order valence-corrected chi connectivity index (χ2v) is 5.43. The number of hydrogen-bond donors (Lipinski definition) is 0. The van der Waals surface area contributed by atoms with E-state index < -0.39 is 0 Å². The molecule has 0 saturated carbocycles. The monoisotopic (exact) mass is 316 g/mol. The lowest BCUT2D eigenvalue weighted by atomic mass is 10.2. The first-order valence-corrected chi connectivity index (χ1v) is 7.56. The standard InChI is InChI=1S/C19H14N3O2/c23-22(24)19-13-7-6-12-18(19)21-14-20(15-8-2-1-3-9-15)16-10-4-5-11-17(16)21/h1-14H/q+1. The van der Waals surface area contributed by atoms with Gasteiger partial charge in [0.1, 0.15) is 5.69 Å². The molecule has 4 rings (SSSR count). The zero-order valence-electron chi connectivity index (χ0n) is 12.7. The topological polar surface area (TPSA) is 52.0 Å². The summed E-state index contributed by atoms with van der Waals surface area (Å²) in [6, 6.07) is 24.6. The van der Waals surface area contributed by atoms with Crippen molar-refractivity contribution in [3.8, 4) is 11.4 Å². The zero-order chi connectivity index (χ0) is 16.5. The highest BCUT2D eigenvalue weighted by Gasteiger charge is 2.24. The minimum atomic E-state index is -0.350. The normalized spacial score (nSPS) is 10.8. The molecule has 24 heavy (non-hydrogen) atoms. The summed E-state index contributed by atoms with van der Waals surface area (Å²) in [6.07, 6.45) is 1.89. The van der Waals surface area contributed by atoms with Gasteiger partial charge in [0.25, 0.3) is 6.33 Å². The van der Waals surface area contributed by atoms with Crippen LogP contribution < -0.4 is 4.57 Å². The Balaban J connectivity index is 2.04. The molecule has 0 saturated heterocycles.